The average molecular weight is 238 g/mol. The van der Waals surface area contributed by atoms with E-state index in [0.717, 1.165) is 0 Å². The van der Waals surface area contributed by atoms with Crippen molar-refractivity contribution in [2.45, 2.75) is 25.6 Å². The lowest BCUT2D eigenvalue weighted by Gasteiger charge is -2.18. The fourth-order valence-electron chi connectivity index (χ4n) is 1.61. The summed E-state index contributed by atoms with van der Waals surface area (Å²) in [5.74, 6) is -0.176. The molecule has 1 rings (SSSR count). The standard InChI is InChI=1S/C12H18N2O3/c1-7(15)9-6-8(2-3-10(9)14)12(17)11(16)4-5-13/h2-3,6,11-12,16-17H,4-5,13-14H2,1H3. The lowest BCUT2D eigenvalue weighted by Crippen LogP contribution is -2.22. The van der Waals surface area contributed by atoms with Gasteiger partial charge in [0.05, 0.1) is 6.10 Å². The molecule has 0 aliphatic rings. The van der Waals surface area contributed by atoms with Gasteiger partial charge in [-0.1, -0.05) is 6.07 Å². The third-order valence-electron chi connectivity index (χ3n) is 2.63. The number of aliphatic hydroxyl groups excluding tert-OH is 2. The van der Waals surface area contributed by atoms with Crippen LogP contribution in [0.4, 0.5) is 5.69 Å². The van der Waals surface area contributed by atoms with Crippen molar-refractivity contribution in [1.82, 2.24) is 0 Å². The Morgan fingerprint density at radius 2 is 2.06 bits per heavy atom. The molecule has 0 spiro atoms. The van der Waals surface area contributed by atoms with E-state index in [1.165, 1.54) is 13.0 Å². The van der Waals surface area contributed by atoms with Crippen LogP contribution in [0.1, 0.15) is 35.4 Å². The first-order chi connectivity index (χ1) is 7.97. The highest BCUT2D eigenvalue weighted by molar-refractivity contribution is 5.99. The van der Waals surface area contributed by atoms with E-state index < -0.39 is 12.2 Å². The minimum absolute atomic E-state index is 0.176. The van der Waals surface area contributed by atoms with E-state index in [1.54, 1.807) is 12.1 Å². The fraction of sp³-hybridized carbons (Fsp3) is 0.417. The number of Topliss-reactive ketones (excluding diaryl/α,β-unsaturated/α-hetero) is 1. The van der Waals surface area contributed by atoms with Gasteiger partial charge in [-0.05, 0) is 37.6 Å². The number of rotatable bonds is 5. The van der Waals surface area contributed by atoms with Gasteiger partial charge < -0.3 is 21.7 Å². The van der Waals surface area contributed by atoms with Crippen LogP contribution < -0.4 is 11.5 Å². The first-order valence-corrected chi connectivity index (χ1v) is 5.44. The Labute approximate surface area is 100 Å². The minimum Gasteiger partial charge on any atom is -0.398 e. The van der Waals surface area contributed by atoms with E-state index in [4.69, 9.17) is 11.5 Å². The largest absolute Gasteiger partial charge is 0.398 e. The van der Waals surface area contributed by atoms with Crippen molar-refractivity contribution < 1.29 is 15.0 Å². The molecule has 0 aliphatic carbocycles. The molecule has 2 atom stereocenters. The number of carbonyl (C=O) groups is 1. The van der Waals surface area contributed by atoms with Gasteiger partial charge in [-0.3, -0.25) is 4.79 Å². The predicted octanol–water partition coefficient (Wildman–Crippen LogP) is 0.214. The number of carbonyl (C=O) groups excluding carboxylic acids is 1. The van der Waals surface area contributed by atoms with Crippen LogP contribution in [0.5, 0.6) is 0 Å². The zero-order valence-electron chi connectivity index (χ0n) is 9.76. The van der Waals surface area contributed by atoms with E-state index in [9.17, 15) is 15.0 Å². The highest BCUT2D eigenvalue weighted by Gasteiger charge is 2.19. The number of anilines is 1. The summed E-state index contributed by atoms with van der Waals surface area (Å²) in [5, 5.41) is 19.5. The van der Waals surface area contributed by atoms with Crippen molar-refractivity contribution in [2.24, 2.45) is 5.73 Å². The summed E-state index contributed by atoms with van der Waals surface area (Å²) in [6, 6.07) is 4.64. The van der Waals surface area contributed by atoms with E-state index in [2.05, 4.69) is 0 Å². The molecule has 5 heteroatoms. The Morgan fingerprint density at radius 1 is 1.41 bits per heavy atom. The zero-order valence-corrected chi connectivity index (χ0v) is 9.76. The van der Waals surface area contributed by atoms with Crippen molar-refractivity contribution in [3.8, 4) is 0 Å². The summed E-state index contributed by atoms with van der Waals surface area (Å²) in [4.78, 5) is 11.3. The van der Waals surface area contributed by atoms with Gasteiger partial charge in [0.25, 0.3) is 0 Å². The van der Waals surface area contributed by atoms with Crippen LogP contribution in [0.25, 0.3) is 0 Å². The Kier molecular flexibility index (Phi) is 4.62. The maximum atomic E-state index is 11.3. The molecule has 1 aromatic carbocycles. The predicted molar refractivity (Wildman–Crippen MR) is 65.5 cm³/mol. The minimum atomic E-state index is -1.06. The molecule has 2 unspecified atom stereocenters. The number of ketones is 1. The molecule has 0 fully saturated rings. The summed E-state index contributed by atoms with van der Waals surface area (Å²) in [6.45, 7) is 1.69. The molecular weight excluding hydrogens is 220 g/mol. The molecule has 0 amide bonds. The molecule has 6 N–H and O–H groups in total. The topological polar surface area (TPSA) is 110 Å². The third-order valence-corrected chi connectivity index (χ3v) is 2.63. The molecule has 0 bridgehead atoms. The van der Waals surface area contributed by atoms with Gasteiger partial charge in [0, 0.05) is 11.3 Å². The molecular formula is C12H18N2O3. The quantitative estimate of drug-likeness (QED) is 0.433. The van der Waals surface area contributed by atoms with Crippen LogP contribution in [0, 0.1) is 0 Å². The number of aliphatic hydroxyl groups is 2. The molecule has 0 saturated heterocycles. The monoisotopic (exact) mass is 238 g/mol. The van der Waals surface area contributed by atoms with Gasteiger partial charge in [0.15, 0.2) is 5.78 Å². The fourth-order valence-corrected chi connectivity index (χ4v) is 1.61. The van der Waals surface area contributed by atoms with Gasteiger partial charge >= 0.3 is 0 Å². The average Bonchev–Trinajstić information content (AvgIpc) is 2.28. The van der Waals surface area contributed by atoms with Gasteiger partial charge in [-0.2, -0.15) is 0 Å². The number of nitrogens with two attached hydrogens (primary N) is 2. The highest BCUT2D eigenvalue weighted by Crippen LogP contribution is 2.23. The van der Waals surface area contributed by atoms with E-state index >= 15 is 0 Å². The molecule has 1 aromatic rings. The maximum absolute atomic E-state index is 11.3. The van der Waals surface area contributed by atoms with Crippen LogP contribution >= 0.6 is 0 Å². The summed E-state index contributed by atoms with van der Waals surface area (Å²) in [6.07, 6.45) is -1.71. The smallest absolute Gasteiger partial charge is 0.161 e. The Hall–Kier alpha value is -1.43. The number of nitrogen functional groups attached to an aromatic ring is 1. The summed E-state index contributed by atoms with van der Waals surface area (Å²) < 4.78 is 0. The lowest BCUT2D eigenvalue weighted by atomic mass is 9.98. The first-order valence-electron chi connectivity index (χ1n) is 5.44. The number of hydrogen-bond acceptors (Lipinski definition) is 5. The van der Waals surface area contributed by atoms with Gasteiger partial charge in [-0.15, -0.1) is 0 Å². The van der Waals surface area contributed by atoms with Crippen LogP contribution in [-0.4, -0.2) is 28.6 Å². The Balaban J connectivity index is 2.99. The summed E-state index contributed by atoms with van der Waals surface area (Å²) in [7, 11) is 0. The van der Waals surface area contributed by atoms with Gasteiger partial charge in [-0.25, -0.2) is 0 Å². The van der Waals surface area contributed by atoms with Crippen LogP contribution in [0.2, 0.25) is 0 Å². The molecule has 0 heterocycles. The molecule has 0 saturated carbocycles. The second-order valence-corrected chi connectivity index (χ2v) is 3.99. The molecule has 17 heavy (non-hydrogen) atoms. The highest BCUT2D eigenvalue weighted by atomic mass is 16.3. The first kappa shape index (κ1) is 13.6. The van der Waals surface area contributed by atoms with E-state index in [0.29, 0.717) is 23.2 Å². The van der Waals surface area contributed by atoms with Gasteiger partial charge in [0.1, 0.15) is 6.10 Å². The summed E-state index contributed by atoms with van der Waals surface area (Å²) >= 11 is 0. The van der Waals surface area contributed by atoms with Crippen LogP contribution in [0.15, 0.2) is 18.2 Å². The molecule has 0 radical (unpaired) electrons. The summed E-state index contributed by atoms with van der Waals surface area (Å²) in [5.41, 5.74) is 12.1. The number of benzene rings is 1. The Bertz CT molecular complexity index is 407. The second kappa shape index (κ2) is 5.77. The third kappa shape index (κ3) is 3.26. The van der Waals surface area contributed by atoms with Crippen LogP contribution in [0.3, 0.4) is 0 Å². The van der Waals surface area contributed by atoms with Crippen molar-refractivity contribution in [3.63, 3.8) is 0 Å². The van der Waals surface area contributed by atoms with Crippen molar-refractivity contribution in [3.05, 3.63) is 29.3 Å². The normalized spacial score (nSPS) is 14.4. The molecule has 0 aliphatic heterocycles. The lowest BCUT2D eigenvalue weighted by molar-refractivity contribution is 0.0150. The van der Waals surface area contributed by atoms with E-state index in [1.807, 2.05) is 0 Å². The van der Waals surface area contributed by atoms with E-state index in [-0.39, 0.29) is 12.3 Å². The molecule has 94 valence electrons. The van der Waals surface area contributed by atoms with Crippen molar-refractivity contribution in [1.29, 1.82) is 0 Å². The SMILES string of the molecule is CC(=O)c1cc(C(O)C(O)CCN)ccc1N. The van der Waals surface area contributed by atoms with Crippen molar-refractivity contribution >= 4 is 11.5 Å². The molecule has 0 aromatic heterocycles. The van der Waals surface area contributed by atoms with Crippen molar-refractivity contribution in [2.75, 3.05) is 12.3 Å². The zero-order chi connectivity index (χ0) is 13.0. The molecule has 5 nitrogen and oxygen atoms in total. The van der Waals surface area contributed by atoms with Crippen LogP contribution in [-0.2, 0) is 0 Å². The van der Waals surface area contributed by atoms with Gasteiger partial charge in [0.2, 0.25) is 0 Å². The second-order valence-electron chi connectivity index (χ2n) is 3.99. The Morgan fingerprint density at radius 3 is 2.59 bits per heavy atom. The maximum Gasteiger partial charge on any atom is 0.161 e. The number of hydrogen-bond donors (Lipinski definition) is 4.